The zero-order chi connectivity index (χ0) is 21.8. The van der Waals surface area contributed by atoms with E-state index in [9.17, 15) is 24.5 Å². The minimum Gasteiger partial charge on any atom is -0.407 e. The lowest BCUT2D eigenvalue weighted by molar-refractivity contribution is -0.384. The van der Waals surface area contributed by atoms with Crippen molar-refractivity contribution in [2.75, 3.05) is 12.4 Å². The molecule has 1 heterocycles. The van der Waals surface area contributed by atoms with Gasteiger partial charge in [0.2, 0.25) is 5.91 Å². The molecule has 0 saturated carbocycles. The fraction of sp³-hybridized carbons (Fsp3) is 0.250. The maximum absolute atomic E-state index is 12.3. The lowest BCUT2D eigenvalue weighted by Gasteiger charge is -2.10. The van der Waals surface area contributed by atoms with Crippen molar-refractivity contribution >= 4 is 34.3 Å². The average Bonchev–Trinajstić information content (AvgIpc) is 3.03. The second-order valence-electron chi connectivity index (χ2n) is 6.69. The molecule has 10 heteroatoms. The summed E-state index contributed by atoms with van der Waals surface area (Å²) in [5.74, 6) is -1.08. The van der Waals surface area contributed by atoms with Gasteiger partial charge in [-0.3, -0.25) is 24.3 Å². The minimum absolute atomic E-state index is 0.130. The molecule has 0 unspecified atom stereocenters. The van der Waals surface area contributed by atoms with E-state index < -0.39 is 10.7 Å². The van der Waals surface area contributed by atoms with Crippen molar-refractivity contribution in [3.8, 4) is 0 Å². The van der Waals surface area contributed by atoms with Crippen LogP contribution in [0.1, 0.15) is 28.8 Å². The number of hydrogen-bond acceptors (Lipinski definition) is 6. The Labute approximate surface area is 170 Å². The van der Waals surface area contributed by atoms with Crippen molar-refractivity contribution < 1.29 is 18.9 Å². The predicted octanol–water partition coefficient (Wildman–Crippen LogP) is 2.59. The summed E-state index contributed by atoms with van der Waals surface area (Å²) in [6.07, 6.45) is 0.523. The van der Waals surface area contributed by atoms with Crippen LogP contribution >= 0.6 is 0 Å². The number of carbonyl (C=O) groups excluding carboxylic acids is 2. The topological polar surface area (TPSA) is 136 Å². The van der Waals surface area contributed by atoms with Gasteiger partial charge in [0.05, 0.1) is 16.5 Å². The van der Waals surface area contributed by atoms with Crippen LogP contribution in [-0.2, 0) is 11.3 Å². The van der Waals surface area contributed by atoms with E-state index in [4.69, 9.17) is 4.42 Å². The van der Waals surface area contributed by atoms with Crippen LogP contribution in [0.3, 0.4) is 0 Å². The van der Waals surface area contributed by atoms with E-state index in [-0.39, 0.29) is 36.1 Å². The molecule has 3 aromatic rings. The Balaban J connectivity index is 1.62. The van der Waals surface area contributed by atoms with E-state index >= 15 is 0 Å². The smallest absolute Gasteiger partial charge is 0.407 e. The highest BCUT2D eigenvalue weighted by Gasteiger charge is 2.14. The molecule has 30 heavy (non-hydrogen) atoms. The predicted molar refractivity (Wildman–Crippen MR) is 110 cm³/mol. The Hall–Kier alpha value is -3.95. The third kappa shape index (κ3) is 4.37. The van der Waals surface area contributed by atoms with Gasteiger partial charge in [0.1, 0.15) is 0 Å². The van der Waals surface area contributed by atoms with Crippen molar-refractivity contribution in [2.45, 2.75) is 26.3 Å². The number of nitrogens with one attached hydrogen (secondary N) is 2. The number of anilines is 1. The Kier molecular flexibility index (Phi) is 5.95. The minimum atomic E-state index is -0.633. The van der Waals surface area contributed by atoms with Gasteiger partial charge in [-0.1, -0.05) is 0 Å². The van der Waals surface area contributed by atoms with Crippen molar-refractivity contribution in [2.24, 2.45) is 0 Å². The molecular formula is C20H20N4O6. The molecule has 0 spiro atoms. The second-order valence-corrected chi connectivity index (χ2v) is 6.69. The molecule has 0 aliphatic carbocycles. The van der Waals surface area contributed by atoms with Crippen LogP contribution in [0.2, 0.25) is 0 Å². The van der Waals surface area contributed by atoms with Crippen LogP contribution in [0.25, 0.3) is 11.1 Å². The number of nitro benzene ring substituents is 1. The monoisotopic (exact) mass is 412 g/mol. The normalized spacial score (nSPS) is 10.7. The molecular weight excluding hydrogens is 392 g/mol. The Morgan fingerprint density at radius 2 is 1.97 bits per heavy atom. The van der Waals surface area contributed by atoms with E-state index in [2.05, 4.69) is 10.6 Å². The molecule has 10 nitrogen and oxygen atoms in total. The molecule has 0 atom stereocenters. The van der Waals surface area contributed by atoms with E-state index in [1.54, 1.807) is 32.2 Å². The molecule has 0 bridgehead atoms. The molecule has 1 aromatic heterocycles. The summed E-state index contributed by atoms with van der Waals surface area (Å²) >= 11 is 0. The van der Waals surface area contributed by atoms with E-state index in [0.717, 1.165) is 5.56 Å². The highest BCUT2D eigenvalue weighted by atomic mass is 16.6. The van der Waals surface area contributed by atoms with Gasteiger partial charge in [-0.25, -0.2) is 4.79 Å². The Morgan fingerprint density at radius 3 is 2.63 bits per heavy atom. The van der Waals surface area contributed by atoms with Gasteiger partial charge in [-0.15, -0.1) is 0 Å². The molecule has 3 rings (SSSR count). The van der Waals surface area contributed by atoms with Crippen molar-refractivity contribution in [3.63, 3.8) is 0 Å². The highest BCUT2D eigenvalue weighted by Crippen LogP contribution is 2.21. The molecule has 0 radical (unpaired) electrons. The number of benzene rings is 2. The zero-order valence-electron chi connectivity index (χ0n) is 16.4. The van der Waals surface area contributed by atoms with Crippen LogP contribution in [-0.4, -0.2) is 28.4 Å². The number of carbonyl (C=O) groups is 2. The number of aryl methyl sites for hydroxylation is 2. The van der Waals surface area contributed by atoms with Gasteiger partial charge < -0.3 is 15.1 Å². The van der Waals surface area contributed by atoms with Crippen molar-refractivity contribution in [1.82, 2.24) is 9.88 Å². The number of fused-ring (bicyclic) bond motifs is 1. The largest absolute Gasteiger partial charge is 0.419 e. The van der Waals surface area contributed by atoms with Crippen LogP contribution in [0.15, 0.2) is 45.6 Å². The molecule has 0 fully saturated rings. The van der Waals surface area contributed by atoms with Crippen LogP contribution in [0.5, 0.6) is 0 Å². The average molecular weight is 412 g/mol. The number of oxazole rings is 1. The first-order valence-corrected chi connectivity index (χ1v) is 9.20. The quantitative estimate of drug-likeness (QED) is 0.452. The van der Waals surface area contributed by atoms with Crippen LogP contribution in [0, 0.1) is 17.0 Å². The second kappa shape index (κ2) is 8.60. The molecule has 0 aliphatic rings. The van der Waals surface area contributed by atoms with Gasteiger partial charge in [-0.2, -0.15) is 0 Å². The molecule has 2 aromatic carbocycles. The number of non-ortho nitro benzene ring substituents is 1. The summed E-state index contributed by atoms with van der Waals surface area (Å²) in [6, 6.07) is 8.92. The van der Waals surface area contributed by atoms with E-state index in [1.807, 2.05) is 0 Å². The fourth-order valence-corrected chi connectivity index (χ4v) is 3.08. The summed E-state index contributed by atoms with van der Waals surface area (Å²) in [5, 5.41) is 16.2. The van der Waals surface area contributed by atoms with Crippen LogP contribution in [0.4, 0.5) is 11.4 Å². The molecule has 0 aliphatic heterocycles. The summed E-state index contributed by atoms with van der Waals surface area (Å²) in [5.41, 5.74) is 2.26. The van der Waals surface area contributed by atoms with Crippen molar-refractivity contribution in [1.29, 1.82) is 0 Å². The third-order valence-electron chi connectivity index (χ3n) is 4.64. The summed E-state index contributed by atoms with van der Waals surface area (Å²) in [7, 11) is 1.54. The molecule has 0 saturated heterocycles. The molecule has 156 valence electrons. The fourth-order valence-electron chi connectivity index (χ4n) is 3.08. The molecule has 2 N–H and O–H groups in total. The Morgan fingerprint density at radius 1 is 1.20 bits per heavy atom. The first-order chi connectivity index (χ1) is 14.3. The first kappa shape index (κ1) is 20.8. The maximum atomic E-state index is 12.3. The van der Waals surface area contributed by atoms with Crippen LogP contribution < -0.4 is 16.4 Å². The number of hydrogen-bond donors (Lipinski definition) is 2. The molecule has 2 amide bonds. The summed E-state index contributed by atoms with van der Waals surface area (Å²) in [6.45, 7) is 2.02. The third-order valence-corrected chi connectivity index (χ3v) is 4.64. The van der Waals surface area contributed by atoms with E-state index in [1.165, 1.54) is 22.8 Å². The van der Waals surface area contributed by atoms with Gasteiger partial charge in [0.25, 0.3) is 11.6 Å². The Bertz CT molecular complexity index is 1190. The van der Waals surface area contributed by atoms with Gasteiger partial charge in [-0.05, 0) is 43.2 Å². The number of amides is 2. The number of nitrogens with zero attached hydrogens (tertiary/aromatic N) is 2. The standard InChI is InChI=1S/C20H20N4O6/c1-12-10-13(19(26)21-2)5-7-15(12)22-18(25)4-3-9-23-16-8-6-14(24(28)29)11-17(16)30-20(23)27/h5-8,10-11H,3-4,9H2,1-2H3,(H,21,26)(H,22,25). The summed E-state index contributed by atoms with van der Waals surface area (Å²) < 4.78 is 6.41. The van der Waals surface area contributed by atoms with Gasteiger partial charge in [0.15, 0.2) is 5.58 Å². The van der Waals surface area contributed by atoms with E-state index in [0.29, 0.717) is 23.2 Å². The SMILES string of the molecule is CNC(=O)c1ccc(NC(=O)CCCn2c(=O)oc3cc([N+](=O)[O-])ccc32)c(C)c1. The first-order valence-electron chi connectivity index (χ1n) is 9.20. The highest BCUT2D eigenvalue weighted by molar-refractivity contribution is 5.96. The summed E-state index contributed by atoms with van der Waals surface area (Å²) in [4.78, 5) is 46.2. The van der Waals surface area contributed by atoms with Gasteiger partial charge in [0, 0.05) is 37.3 Å². The van der Waals surface area contributed by atoms with Gasteiger partial charge >= 0.3 is 5.76 Å². The number of rotatable bonds is 7. The van der Waals surface area contributed by atoms with Crippen molar-refractivity contribution in [3.05, 3.63) is 68.2 Å². The lowest BCUT2D eigenvalue weighted by Crippen LogP contribution is -2.19. The maximum Gasteiger partial charge on any atom is 0.419 e. The lowest BCUT2D eigenvalue weighted by atomic mass is 10.1. The zero-order valence-corrected chi connectivity index (χ0v) is 16.4. The number of nitro groups is 1. The number of aromatic nitrogens is 1.